The van der Waals surface area contributed by atoms with E-state index >= 15 is 0 Å². The summed E-state index contributed by atoms with van der Waals surface area (Å²) in [5.74, 6) is -2.52. The molecule has 0 radical (unpaired) electrons. The third kappa shape index (κ3) is 4.59. The van der Waals surface area contributed by atoms with E-state index in [1.807, 2.05) is 0 Å². The summed E-state index contributed by atoms with van der Waals surface area (Å²) >= 11 is 1.19. The Morgan fingerprint density at radius 3 is 2.80 bits per heavy atom. The van der Waals surface area contributed by atoms with E-state index in [1.165, 1.54) is 16.7 Å². The van der Waals surface area contributed by atoms with E-state index in [9.17, 15) is 14.4 Å². The smallest absolute Gasteiger partial charge is 0.355 e. The van der Waals surface area contributed by atoms with Gasteiger partial charge in [-0.15, -0.1) is 11.3 Å². The first-order valence-corrected chi connectivity index (χ1v) is 6.71. The lowest BCUT2D eigenvalue weighted by Gasteiger charge is -2.10. The lowest BCUT2D eigenvalue weighted by Crippen LogP contribution is -2.47. The molecule has 0 bridgehead atoms. The normalized spacial score (nSPS) is 11.7. The first-order chi connectivity index (χ1) is 9.45. The number of aromatic nitrogens is 1. The van der Waals surface area contributed by atoms with Crippen LogP contribution in [0.15, 0.2) is 5.38 Å². The lowest BCUT2D eigenvalue weighted by atomic mass is 10.3. The monoisotopic (exact) mass is 301 g/mol. The molecule has 0 saturated heterocycles. The molecule has 1 unspecified atom stereocenters. The minimum absolute atomic E-state index is 0.0282. The van der Waals surface area contributed by atoms with Crippen LogP contribution in [0.5, 0.6) is 0 Å². The number of carboxylic acids is 1. The average Bonchev–Trinajstić information content (AvgIpc) is 2.87. The minimum Gasteiger partial charge on any atom is -0.476 e. The minimum atomic E-state index is -1.36. The molecule has 1 aromatic heterocycles. The summed E-state index contributed by atoms with van der Waals surface area (Å²) in [6.45, 7) is 1.97. The lowest BCUT2D eigenvalue weighted by molar-refractivity contribution is -0.147. The highest BCUT2D eigenvalue weighted by Crippen LogP contribution is 2.09. The van der Waals surface area contributed by atoms with Crippen LogP contribution in [0.3, 0.4) is 0 Å². The SMILES string of the molecule is CCOC(=O)C(N)C(=O)NCCc1nc(C(=O)O)cs1. The molecule has 1 heterocycles. The molecule has 1 atom stereocenters. The average molecular weight is 301 g/mol. The van der Waals surface area contributed by atoms with Crippen molar-refractivity contribution in [3.8, 4) is 0 Å². The van der Waals surface area contributed by atoms with Gasteiger partial charge in [-0.05, 0) is 6.92 Å². The Morgan fingerprint density at radius 1 is 1.55 bits per heavy atom. The third-order valence-electron chi connectivity index (χ3n) is 2.23. The Kier molecular flexibility index (Phi) is 6.07. The third-order valence-corrected chi connectivity index (χ3v) is 3.14. The number of nitrogens with one attached hydrogen (secondary N) is 1. The predicted molar refractivity (Wildman–Crippen MR) is 70.4 cm³/mol. The van der Waals surface area contributed by atoms with Crippen molar-refractivity contribution in [1.82, 2.24) is 10.3 Å². The van der Waals surface area contributed by atoms with E-state index in [-0.39, 0.29) is 18.8 Å². The molecular weight excluding hydrogens is 286 g/mol. The van der Waals surface area contributed by atoms with Crippen molar-refractivity contribution < 1.29 is 24.2 Å². The van der Waals surface area contributed by atoms with Crippen molar-refractivity contribution in [2.24, 2.45) is 5.73 Å². The van der Waals surface area contributed by atoms with Crippen LogP contribution in [0, 0.1) is 0 Å². The summed E-state index contributed by atoms with van der Waals surface area (Å²) in [5, 5.41) is 13.2. The number of esters is 1. The molecule has 0 spiro atoms. The maximum Gasteiger partial charge on any atom is 0.355 e. The van der Waals surface area contributed by atoms with Gasteiger partial charge in [-0.1, -0.05) is 0 Å². The number of aromatic carboxylic acids is 1. The van der Waals surface area contributed by atoms with Gasteiger partial charge in [0.1, 0.15) is 0 Å². The molecule has 1 amide bonds. The standard InChI is InChI=1S/C11H15N3O5S/c1-2-19-11(18)8(12)9(15)13-4-3-7-14-6(5-20-7)10(16)17/h5,8H,2-4,12H2,1H3,(H,13,15)(H,16,17). The topological polar surface area (TPSA) is 132 Å². The van der Waals surface area contributed by atoms with Crippen LogP contribution in [-0.2, 0) is 20.7 Å². The second-order valence-corrected chi connectivity index (χ2v) is 4.65. The van der Waals surface area contributed by atoms with Crippen molar-refractivity contribution >= 4 is 29.2 Å². The molecule has 1 rings (SSSR count). The molecule has 0 aliphatic rings. The van der Waals surface area contributed by atoms with Crippen LogP contribution in [0.25, 0.3) is 0 Å². The Bertz CT molecular complexity index is 502. The maximum absolute atomic E-state index is 11.5. The van der Waals surface area contributed by atoms with E-state index in [0.717, 1.165) is 0 Å². The van der Waals surface area contributed by atoms with E-state index in [2.05, 4.69) is 15.0 Å². The molecule has 8 nitrogen and oxygen atoms in total. The second-order valence-electron chi connectivity index (χ2n) is 3.70. The van der Waals surface area contributed by atoms with E-state index in [0.29, 0.717) is 11.4 Å². The molecule has 0 aliphatic carbocycles. The Morgan fingerprint density at radius 2 is 2.25 bits per heavy atom. The van der Waals surface area contributed by atoms with Gasteiger partial charge in [0.2, 0.25) is 5.91 Å². The van der Waals surface area contributed by atoms with Crippen LogP contribution in [0.1, 0.15) is 22.4 Å². The van der Waals surface area contributed by atoms with E-state index in [1.54, 1.807) is 6.92 Å². The summed E-state index contributed by atoms with van der Waals surface area (Å²) in [7, 11) is 0. The Hall–Kier alpha value is -2.00. The van der Waals surface area contributed by atoms with Crippen molar-refractivity contribution in [1.29, 1.82) is 0 Å². The molecule has 20 heavy (non-hydrogen) atoms. The van der Waals surface area contributed by atoms with Gasteiger partial charge in [-0.2, -0.15) is 0 Å². The van der Waals surface area contributed by atoms with E-state index in [4.69, 9.17) is 10.8 Å². The number of rotatable bonds is 7. The van der Waals surface area contributed by atoms with Crippen LogP contribution < -0.4 is 11.1 Å². The number of amides is 1. The highest BCUT2D eigenvalue weighted by molar-refractivity contribution is 7.09. The first kappa shape index (κ1) is 16.1. The summed E-state index contributed by atoms with van der Waals surface area (Å²) in [6, 6.07) is -1.36. The zero-order valence-corrected chi connectivity index (χ0v) is 11.6. The van der Waals surface area contributed by atoms with Crippen LogP contribution >= 0.6 is 11.3 Å². The maximum atomic E-state index is 11.5. The number of hydrogen-bond acceptors (Lipinski definition) is 7. The molecule has 1 aromatic rings. The van der Waals surface area contributed by atoms with Gasteiger partial charge in [-0.3, -0.25) is 4.79 Å². The zero-order valence-electron chi connectivity index (χ0n) is 10.8. The number of ether oxygens (including phenoxy) is 1. The molecule has 4 N–H and O–H groups in total. The molecule has 0 aromatic carbocycles. The van der Waals surface area contributed by atoms with Gasteiger partial charge in [-0.25, -0.2) is 14.6 Å². The van der Waals surface area contributed by atoms with Gasteiger partial charge in [0.05, 0.1) is 11.6 Å². The van der Waals surface area contributed by atoms with Gasteiger partial charge < -0.3 is 20.9 Å². The fourth-order valence-electron chi connectivity index (χ4n) is 1.27. The van der Waals surface area contributed by atoms with Crippen LogP contribution in [-0.4, -0.2) is 47.1 Å². The molecule has 0 saturated carbocycles. The van der Waals surface area contributed by atoms with Crippen molar-refractivity contribution in [3.63, 3.8) is 0 Å². The van der Waals surface area contributed by atoms with Crippen molar-refractivity contribution in [3.05, 3.63) is 16.1 Å². The number of nitrogens with two attached hydrogens (primary N) is 1. The van der Waals surface area contributed by atoms with Gasteiger partial charge >= 0.3 is 11.9 Å². The second kappa shape index (κ2) is 7.56. The number of carboxylic acid groups (broad SMARTS) is 1. The van der Waals surface area contributed by atoms with Gasteiger partial charge in [0, 0.05) is 18.3 Å². The number of carbonyl (C=O) groups excluding carboxylic acids is 2. The molecule has 0 fully saturated rings. The quantitative estimate of drug-likeness (QED) is 0.452. The number of nitrogens with zero attached hydrogens (tertiary/aromatic N) is 1. The Labute approximate surface area is 118 Å². The molecule has 0 aliphatic heterocycles. The molecular formula is C11H15N3O5S. The summed E-state index contributed by atoms with van der Waals surface area (Å²) in [4.78, 5) is 37.2. The summed E-state index contributed by atoms with van der Waals surface area (Å²) < 4.78 is 4.62. The fourth-order valence-corrected chi connectivity index (χ4v) is 2.04. The highest BCUT2D eigenvalue weighted by Gasteiger charge is 2.22. The summed E-state index contributed by atoms with van der Waals surface area (Å²) in [5.41, 5.74) is 5.36. The zero-order chi connectivity index (χ0) is 15.1. The van der Waals surface area contributed by atoms with Gasteiger partial charge in [0.25, 0.3) is 0 Å². The summed E-state index contributed by atoms with van der Waals surface area (Å²) in [6.07, 6.45) is 0.360. The number of thiazole rings is 1. The molecule has 9 heteroatoms. The van der Waals surface area contributed by atoms with Crippen LogP contribution in [0.2, 0.25) is 0 Å². The number of hydrogen-bond donors (Lipinski definition) is 3. The predicted octanol–water partition coefficient (Wildman–Crippen LogP) is -0.610. The fraction of sp³-hybridized carbons (Fsp3) is 0.455. The number of carbonyl (C=O) groups is 3. The van der Waals surface area contributed by atoms with E-state index < -0.39 is 23.9 Å². The van der Waals surface area contributed by atoms with Crippen molar-refractivity contribution in [2.45, 2.75) is 19.4 Å². The molecule has 110 valence electrons. The Balaban J connectivity index is 2.37. The van der Waals surface area contributed by atoms with Crippen molar-refractivity contribution in [2.75, 3.05) is 13.2 Å². The van der Waals surface area contributed by atoms with Gasteiger partial charge in [0.15, 0.2) is 11.7 Å². The first-order valence-electron chi connectivity index (χ1n) is 5.83. The largest absolute Gasteiger partial charge is 0.476 e. The van der Waals surface area contributed by atoms with Crippen LogP contribution in [0.4, 0.5) is 0 Å². The highest BCUT2D eigenvalue weighted by atomic mass is 32.1.